The molecule has 0 aliphatic carbocycles. The number of carbonyl (C=O) groups is 2. The number of hydrogen-bond acceptors (Lipinski definition) is 4. The molecule has 1 aromatic rings. The summed E-state index contributed by atoms with van der Waals surface area (Å²) in [4.78, 5) is 27.6. The fourth-order valence-electron chi connectivity index (χ4n) is 3.02. The van der Waals surface area contributed by atoms with Crippen LogP contribution in [0, 0.1) is 0 Å². The van der Waals surface area contributed by atoms with Crippen LogP contribution in [-0.2, 0) is 20.9 Å². The second kappa shape index (κ2) is 8.85. The Morgan fingerprint density at radius 1 is 1.32 bits per heavy atom. The van der Waals surface area contributed by atoms with Crippen LogP contribution in [0.3, 0.4) is 0 Å². The Labute approximate surface area is 150 Å². The molecule has 1 atom stereocenters. The number of hydrogen-bond donors (Lipinski definition) is 1. The Hall–Kier alpha value is -2.08. The Morgan fingerprint density at radius 3 is 2.64 bits per heavy atom. The summed E-state index contributed by atoms with van der Waals surface area (Å²) in [5.74, 6) is 0.00883. The first-order valence-corrected chi connectivity index (χ1v) is 8.88. The van der Waals surface area contributed by atoms with Crippen LogP contribution in [0.2, 0.25) is 0 Å². The molecule has 0 aromatic heterocycles. The van der Waals surface area contributed by atoms with Gasteiger partial charge in [0, 0.05) is 58.5 Å². The molecule has 1 aliphatic heterocycles. The van der Waals surface area contributed by atoms with Crippen LogP contribution in [0.4, 0.5) is 11.4 Å². The first-order chi connectivity index (χ1) is 11.9. The molecule has 0 spiro atoms. The zero-order valence-electron chi connectivity index (χ0n) is 15.7. The lowest BCUT2D eigenvalue weighted by Crippen LogP contribution is -2.35. The van der Waals surface area contributed by atoms with E-state index in [1.165, 1.54) is 0 Å². The van der Waals surface area contributed by atoms with Gasteiger partial charge in [0.15, 0.2) is 0 Å². The molecule has 1 aromatic carbocycles. The molecule has 0 bridgehead atoms. The minimum absolute atomic E-state index is 0.0219. The molecule has 0 radical (unpaired) electrons. The van der Waals surface area contributed by atoms with E-state index in [4.69, 9.17) is 4.74 Å². The summed E-state index contributed by atoms with van der Waals surface area (Å²) in [7, 11) is 3.95. The molecule has 1 saturated heterocycles. The summed E-state index contributed by atoms with van der Waals surface area (Å²) >= 11 is 0. The molecular weight excluding hydrogens is 318 g/mol. The molecule has 6 nitrogen and oxygen atoms in total. The van der Waals surface area contributed by atoms with Crippen molar-refractivity contribution in [3.8, 4) is 0 Å². The summed E-state index contributed by atoms with van der Waals surface area (Å²) in [5, 5.41) is 2.89. The number of carbonyl (C=O) groups excluding carboxylic acids is 2. The van der Waals surface area contributed by atoms with E-state index in [0.29, 0.717) is 19.5 Å². The van der Waals surface area contributed by atoms with Gasteiger partial charge >= 0.3 is 0 Å². The van der Waals surface area contributed by atoms with Gasteiger partial charge in [-0.1, -0.05) is 6.92 Å². The predicted molar refractivity (Wildman–Crippen MR) is 99.8 cm³/mol. The van der Waals surface area contributed by atoms with Gasteiger partial charge in [0.25, 0.3) is 0 Å². The van der Waals surface area contributed by atoms with Crippen LogP contribution in [0.5, 0.6) is 0 Å². The predicted octanol–water partition coefficient (Wildman–Crippen LogP) is 2.63. The normalized spacial score (nSPS) is 16.6. The molecule has 1 fully saturated rings. The van der Waals surface area contributed by atoms with E-state index >= 15 is 0 Å². The van der Waals surface area contributed by atoms with Crippen LogP contribution in [0.15, 0.2) is 18.2 Å². The van der Waals surface area contributed by atoms with Crippen LogP contribution < -0.4 is 10.2 Å². The van der Waals surface area contributed by atoms with E-state index in [0.717, 1.165) is 36.4 Å². The maximum absolute atomic E-state index is 12.1. The third kappa shape index (κ3) is 5.46. The van der Waals surface area contributed by atoms with Crippen molar-refractivity contribution in [3.63, 3.8) is 0 Å². The first kappa shape index (κ1) is 19.2. The molecule has 1 aliphatic rings. The van der Waals surface area contributed by atoms with Gasteiger partial charge < -0.3 is 19.9 Å². The van der Waals surface area contributed by atoms with E-state index in [2.05, 4.69) is 5.32 Å². The van der Waals surface area contributed by atoms with Gasteiger partial charge in [-0.25, -0.2) is 0 Å². The van der Waals surface area contributed by atoms with Crippen molar-refractivity contribution in [1.82, 2.24) is 4.90 Å². The van der Waals surface area contributed by atoms with E-state index in [-0.39, 0.29) is 17.9 Å². The molecule has 25 heavy (non-hydrogen) atoms. The minimum Gasteiger partial charge on any atom is -0.377 e. The molecule has 2 rings (SSSR count). The number of rotatable bonds is 7. The van der Waals surface area contributed by atoms with Crippen LogP contribution in [-0.4, -0.2) is 50.1 Å². The van der Waals surface area contributed by atoms with Gasteiger partial charge in [-0.15, -0.1) is 0 Å². The van der Waals surface area contributed by atoms with E-state index in [1.54, 1.807) is 6.92 Å². The number of anilines is 2. The zero-order valence-corrected chi connectivity index (χ0v) is 15.7. The fraction of sp³-hybridized carbons (Fsp3) is 0.579. The highest BCUT2D eigenvalue weighted by Crippen LogP contribution is 2.25. The second-order valence-corrected chi connectivity index (χ2v) is 6.67. The monoisotopic (exact) mass is 347 g/mol. The summed E-state index contributed by atoms with van der Waals surface area (Å²) < 4.78 is 5.68. The highest BCUT2D eigenvalue weighted by molar-refractivity contribution is 5.90. The molecule has 0 saturated carbocycles. The number of ether oxygens (including phenoxy) is 1. The summed E-state index contributed by atoms with van der Waals surface area (Å²) in [6.45, 7) is 5.29. The van der Waals surface area contributed by atoms with Crippen molar-refractivity contribution in [1.29, 1.82) is 0 Å². The van der Waals surface area contributed by atoms with Crippen LogP contribution >= 0.6 is 0 Å². The SMILES string of the molecule is CCC(=O)Nc1ccc(N(C)C)c(CN(CC2CCCO2)C(C)=O)c1. The number of nitrogens with one attached hydrogen (secondary N) is 1. The Balaban J connectivity index is 2.21. The van der Waals surface area contributed by atoms with E-state index < -0.39 is 0 Å². The van der Waals surface area contributed by atoms with Crippen molar-refractivity contribution in [2.45, 2.75) is 45.8 Å². The number of benzene rings is 1. The summed E-state index contributed by atoms with van der Waals surface area (Å²) in [6, 6.07) is 5.82. The average molecular weight is 347 g/mol. The van der Waals surface area contributed by atoms with Crippen molar-refractivity contribution >= 4 is 23.2 Å². The van der Waals surface area contributed by atoms with E-state index in [9.17, 15) is 9.59 Å². The fourth-order valence-corrected chi connectivity index (χ4v) is 3.02. The maximum atomic E-state index is 12.1. The summed E-state index contributed by atoms with van der Waals surface area (Å²) in [6.07, 6.45) is 2.60. The third-order valence-corrected chi connectivity index (χ3v) is 4.42. The smallest absolute Gasteiger partial charge is 0.224 e. The molecule has 1 N–H and O–H groups in total. The Bertz CT molecular complexity index is 610. The second-order valence-electron chi connectivity index (χ2n) is 6.67. The van der Waals surface area contributed by atoms with Crippen molar-refractivity contribution in [3.05, 3.63) is 23.8 Å². The van der Waals surface area contributed by atoms with Crippen molar-refractivity contribution in [2.75, 3.05) is 37.5 Å². The Morgan fingerprint density at radius 2 is 2.08 bits per heavy atom. The standard InChI is InChI=1S/C19H29N3O3/c1-5-19(24)20-16-8-9-18(21(3)4)15(11-16)12-22(14(2)23)13-17-7-6-10-25-17/h8-9,11,17H,5-7,10,12-13H2,1-4H3,(H,20,24). The maximum Gasteiger partial charge on any atom is 0.224 e. The molecule has 1 unspecified atom stereocenters. The highest BCUT2D eigenvalue weighted by Gasteiger charge is 2.22. The van der Waals surface area contributed by atoms with Crippen molar-refractivity contribution in [2.24, 2.45) is 0 Å². The summed E-state index contributed by atoms with van der Waals surface area (Å²) in [5.41, 5.74) is 2.80. The number of nitrogens with zero attached hydrogens (tertiary/aromatic N) is 2. The topological polar surface area (TPSA) is 61.9 Å². The van der Waals surface area contributed by atoms with Gasteiger partial charge in [-0.3, -0.25) is 9.59 Å². The van der Waals surface area contributed by atoms with Crippen molar-refractivity contribution < 1.29 is 14.3 Å². The van der Waals surface area contributed by atoms with Gasteiger partial charge in [0.1, 0.15) is 0 Å². The molecule has 1 heterocycles. The largest absolute Gasteiger partial charge is 0.377 e. The molecular formula is C19H29N3O3. The Kier molecular flexibility index (Phi) is 6.82. The zero-order chi connectivity index (χ0) is 18.4. The lowest BCUT2D eigenvalue weighted by molar-refractivity contribution is -0.131. The van der Waals surface area contributed by atoms with Gasteiger partial charge in [0.2, 0.25) is 11.8 Å². The van der Waals surface area contributed by atoms with Crippen LogP contribution in [0.1, 0.15) is 38.7 Å². The van der Waals surface area contributed by atoms with E-state index in [1.807, 2.05) is 49.0 Å². The van der Waals surface area contributed by atoms with Gasteiger partial charge in [-0.05, 0) is 36.6 Å². The minimum atomic E-state index is -0.0219. The number of amides is 2. The lowest BCUT2D eigenvalue weighted by Gasteiger charge is -2.27. The molecule has 6 heteroatoms. The molecule has 2 amide bonds. The van der Waals surface area contributed by atoms with Gasteiger partial charge in [-0.2, -0.15) is 0 Å². The van der Waals surface area contributed by atoms with Gasteiger partial charge in [0.05, 0.1) is 6.10 Å². The molecule has 138 valence electrons. The van der Waals surface area contributed by atoms with Crippen LogP contribution in [0.25, 0.3) is 0 Å². The third-order valence-electron chi connectivity index (χ3n) is 4.42. The average Bonchev–Trinajstić information content (AvgIpc) is 3.07. The quantitative estimate of drug-likeness (QED) is 0.824. The highest BCUT2D eigenvalue weighted by atomic mass is 16.5. The lowest BCUT2D eigenvalue weighted by atomic mass is 10.1. The first-order valence-electron chi connectivity index (χ1n) is 8.88.